The number of benzene rings is 3. The SMILES string of the molecule is [C-]#[N+]c1cc(OC)ccc1/C(=C(\c1ccc(/C=C/C(=O)O)cc1)c1ccc2scnc2c1)C1CCC1. The molecule has 178 valence electrons. The van der Waals surface area contributed by atoms with Crippen LogP contribution >= 0.6 is 11.3 Å². The van der Waals surface area contributed by atoms with Crippen LogP contribution < -0.4 is 4.74 Å². The molecule has 3 aromatic carbocycles. The summed E-state index contributed by atoms with van der Waals surface area (Å²) >= 11 is 1.61. The lowest BCUT2D eigenvalue weighted by Gasteiger charge is -2.32. The maximum Gasteiger partial charge on any atom is 0.328 e. The molecule has 1 N–H and O–H groups in total. The average molecular weight is 493 g/mol. The van der Waals surface area contributed by atoms with Gasteiger partial charge in [0.2, 0.25) is 0 Å². The maximum absolute atomic E-state index is 11.0. The Morgan fingerprint density at radius 1 is 1.11 bits per heavy atom. The predicted octanol–water partition coefficient (Wildman–Crippen LogP) is 7.71. The van der Waals surface area contributed by atoms with Crippen LogP contribution in [0, 0.1) is 12.5 Å². The van der Waals surface area contributed by atoms with Gasteiger partial charge in [-0.25, -0.2) is 14.6 Å². The lowest BCUT2D eigenvalue weighted by atomic mass is 9.72. The number of rotatable bonds is 7. The quantitative estimate of drug-likeness (QED) is 0.163. The molecule has 0 unspecified atom stereocenters. The number of carbonyl (C=O) groups is 1. The molecule has 1 fully saturated rings. The summed E-state index contributed by atoms with van der Waals surface area (Å²) in [5, 5.41) is 8.98. The maximum atomic E-state index is 11.0. The highest BCUT2D eigenvalue weighted by molar-refractivity contribution is 7.16. The first kappa shape index (κ1) is 23.5. The Kier molecular flexibility index (Phi) is 6.66. The van der Waals surface area contributed by atoms with E-state index in [4.69, 9.17) is 16.4 Å². The molecule has 0 saturated heterocycles. The van der Waals surface area contributed by atoms with Gasteiger partial charge in [-0.05, 0) is 82.5 Å². The van der Waals surface area contributed by atoms with Crippen LogP contribution in [0.25, 0.3) is 32.3 Å². The van der Waals surface area contributed by atoms with Gasteiger partial charge in [-0.1, -0.05) is 42.8 Å². The minimum atomic E-state index is -0.977. The zero-order valence-corrected chi connectivity index (χ0v) is 20.6. The molecule has 0 atom stereocenters. The molecule has 5 nitrogen and oxygen atoms in total. The molecule has 0 radical (unpaired) electrons. The number of carboxylic acids is 1. The van der Waals surface area contributed by atoms with Crippen molar-refractivity contribution in [3.05, 3.63) is 106 Å². The first-order chi connectivity index (χ1) is 17.6. The van der Waals surface area contributed by atoms with E-state index in [1.165, 1.54) is 5.57 Å². The van der Waals surface area contributed by atoms with E-state index < -0.39 is 5.97 Å². The molecule has 1 aromatic heterocycles. The highest BCUT2D eigenvalue weighted by Crippen LogP contribution is 2.48. The molecule has 6 heteroatoms. The van der Waals surface area contributed by atoms with Gasteiger partial charge in [-0.2, -0.15) is 0 Å². The first-order valence-electron chi connectivity index (χ1n) is 11.7. The van der Waals surface area contributed by atoms with Crippen LogP contribution in [0.3, 0.4) is 0 Å². The molecule has 0 amide bonds. The average Bonchev–Trinajstić information content (AvgIpc) is 3.34. The topological polar surface area (TPSA) is 63.8 Å². The van der Waals surface area contributed by atoms with Crippen LogP contribution in [-0.4, -0.2) is 23.2 Å². The van der Waals surface area contributed by atoms with Crippen LogP contribution in [0.5, 0.6) is 5.75 Å². The summed E-state index contributed by atoms with van der Waals surface area (Å²) in [7, 11) is 1.61. The fourth-order valence-electron chi connectivity index (χ4n) is 4.63. The Balaban J connectivity index is 1.77. The fourth-order valence-corrected chi connectivity index (χ4v) is 5.29. The van der Waals surface area contributed by atoms with Crippen molar-refractivity contribution in [3.63, 3.8) is 0 Å². The van der Waals surface area contributed by atoms with Crippen LogP contribution in [0.15, 0.2) is 72.3 Å². The molecule has 1 saturated carbocycles. The molecule has 36 heavy (non-hydrogen) atoms. The van der Waals surface area contributed by atoms with Crippen molar-refractivity contribution in [1.29, 1.82) is 0 Å². The van der Waals surface area contributed by atoms with Gasteiger partial charge >= 0.3 is 5.97 Å². The molecular formula is C30H24N2O3S. The van der Waals surface area contributed by atoms with E-state index in [1.54, 1.807) is 24.5 Å². The highest BCUT2D eigenvalue weighted by Gasteiger charge is 2.29. The summed E-state index contributed by atoms with van der Waals surface area (Å²) in [6.45, 7) is 7.89. The van der Waals surface area contributed by atoms with Gasteiger partial charge in [-0.3, -0.25) is 0 Å². The van der Waals surface area contributed by atoms with Crippen LogP contribution in [-0.2, 0) is 4.79 Å². The second-order valence-electron chi connectivity index (χ2n) is 8.74. The third-order valence-electron chi connectivity index (χ3n) is 6.64. The summed E-state index contributed by atoms with van der Waals surface area (Å²) < 4.78 is 6.53. The summed E-state index contributed by atoms with van der Waals surface area (Å²) in [5.41, 5.74) is 9.44. The van der Waals surface area contributed by atoms with Crippen LogP contribution in [0.2, 0.25) is 0 Å². The third kappa shape index (κ3) is 4.66. The summed E-state index contributed by atoms with van der Waals surface area (Å²) in [5.74, 6) is 0.0269. The van der Waals surface area contributed by atoms with Crippen molar-refractivity contribution >= 4 is 50.4 Å². The highest BCUT2D eigenvalue weighted by atomic mass is 32.1. The minimum absolute atomic E-state index is 0.339. The summed E-state index contributed by atoms with van der Waals surface area (Å²) in [4.78, 5) is 19.4. The second kappa shape index (κ2) is 10.2. The lowest BCUT2D eigenvalue weighted by Crippen LogP contribution is -2.15. The summed E-state index contributed by atoms with van der Waals surface area (Å²) in [6.07, 6.45) is 6.03. The van der Waals surface area contributed by atoms with Crippen molar-refractivity contribution in [2.75, 3.05) is 7.11 Å². The van der Waals surface area contributed by atoms with Crippen molar-refractivity contribution in [2.45, 2.75) is 19.3 Å². The van der Waals surface area contributed by atoms with E-state index in [2.05, 4.69) is 28.0 Å². The smallest absolute Gasteiger partial charge is 0.328 e. The molecular weight excluding hydrogens is 468 g/mol. The number of ether oxygens (including phenoxy) is 1. The van der Waals surface area contributed by atoms with Gasteiger partial charge < -0.3 is 9.84 Å². The van der Waals surface area contributed by atoms with E-state index >= 15 is 0 Å². The van der Waals surface area contributed by atoms with Gasteiger partial charge in [-0.15, -0.1) is 11.3 Å². The first-order valence-corrected chi connectivity index (χ1v) is 12.6. The summed E-state index contributed by atoms with van der Waals surface area (Å²) in [6, 6.07) is 20.0. The van der Waals surface area contributed by atoms with Gasteiger partial charge in [0.05, 0.1) is 29.4 Å². The molecule has 0 bridgehead atoms. The lowest BCUT2D eigenvalue weighted by molar-refractivity contribution is -0.131. The number of aliphatic carboxylic acids is 1. The van der Waals surface area contributed by atoms with Gasteiger partial charge in [0.25, 0.3) is 0 Å². The number of methoxy groups -OCH3 is 1. The Labute approximate surface area is 213 Å². The Morgan fingerprint density at radius 3 is 2.56 bits per heavy atom. The van der Waals surface area contributed by atoms with Crippen LogP contribution in [0.4, 0.5) is 5.69 Å². The fraction of sp³-hybridized carbons (Fsp3) is 0.167. The second-order valence-corrected chi connectivity index (χ2v) is 9.63. The molecule has 1 aliphatic rings. The number of carboxylic acid groups (broad SMARTS) is 1. The number of hydrogen-bond donors (Lipinski definition) is 1. The normalized spacial score (nSPS) is 14.3. The number of nitrogens with zero attached hydrogens (tertiary/aromatic N) is 2. The molecule has 4 aromatic rings. The molecule has 0 aliphatic heterocycles. The van der Waals surface area contributed by atoms with E-state index in [-0.39, 0.29) is 0 Å². The Hall–Kier alpha value is -4.21. The molecule has 0 spiro atoms. The van der Waals surface area contributed by atoms with E-state index in [0.29, 0.717) is 17.4 Å². The van der Waals surface area contributed by atoms with Gasteiger partial charge in [0, 0.05) is 6.08 Å². The van der Waals surface area contributed by atoms with E-state index in [1.807, 2.05) is 48.0 Å². The van der Waals surface area contributed by atoms with Crippen molar-refractivity contribution < 1.29 is 14.6 Å². The van der Waals surface area contributed by atoms with Crippen molar-refractivity contribution in [1.82, 2.24) is 4.98 Å². The number of hydrogen-bond acceptors (Lipinski definition) is 4. The van der Waals surface area contributed by atoms with Gasteiger partial charge in [0.1, 0.15) is 5.75 Å². The van der Waals surface area contributed by atoms with Crippen molar-refractivity contribution in [2.24, 2.45) is 5.92 Å². The molecule has 5 rings (SSSR count). The van der Waals surface area contributed by atoms with E-state index in [9.17, 15) is 4.79 Å². The molecule has 1 aliphatic carbocycles. The van der Waals surface area contributed by atoms with E-state index in [0.717, 1.165) is 63.4 Å². The standard InChI is InChI=1S/C30H24N2O3S/c1-31-25-17-23(35-2)12-13-24(25)30(20-4-3-5-20)29(22-11-14-27-26(16-22)32-18-36-27)21-9-6-19(7-10-21)8-15-28(33)34/h6-18,20H,3-5H2,2H3,(H,33,34)/b15-8+,30-29+. The third-order valence-corrected chi connectivity index (χ3v) is 7.45. The van der Waals surface area contributed by atoms with Crippen molar-refractivity contribution in [3.8, 4) is 5.75 Å². The monoisotopic (exact) mass is 492 g/mol. The number of aromatic nitrogens is 1. The zero-order valence-electron chi connectivity index (χ0n) is 19.8. The minimum Gasteiger partial charge on any atom is -0.498 e. The Morgan fingerprint density at radius 2 is 1.89 bits per heavy atom. The number of allylic oxidation sites excluding steroid dienone is 1. The largest absolute Gasteiger partial charge is 0.498 e. The zero-order chi connectivity index (χ0) is 25.1. The molecule has 1 heterocycles. The number of fused-ring (bicyclic) bond motifs is 1. The Bertz CT molecular complexity index is 1540. The van der Waals surface area contributed by atoms with Crippen LogP contribution in [0.1, 0.15) is 41.5 Å². The number of thiazole rings is 1. The van der Waals surface area contributed by atoms with Gasteiger partial charge in [0.15, 0.2) is 5.69 Å². The predicted molar refractivity (Wildman–Crippen MR) is 145 cm³/mol.